The van der Waals surface area contributed by atoms with Crippen molar-refractivity contribution in [2.24, 2.45) is 0 Å². The van der Waals surface area contributed by atoms with E-state index in [4.69, 9.17) is 4.74 Å². The third kappa shape index (κ3) is 4.34. The minimum absolute atomic E-state index is 0.0811. The zero-order valence-electron chi connectivity index (χ0n) is 15.4. The molecule has 3 rings (SSSR count). The van der Waals surface area contributed by atoms with Crippen LogP contribution in [-0.4, -0.2) is 27.2 Å². The third-order valence-electron chi connectivity index (χ3n) is 5.17. The van der Waals surface area contributed by atoms with Gasteiger partial charge in [-0.2, -0.15) is 0 Å². The van der Waals surface area contributed by atoms with E-state index >= 15 is 0 Å². The van der Waals surface area contributed by atoms with E-state index in [1.165, 1.54) is 5.56 Å². The highest BCUT2D eigenvalue weighted by atomic mass is 32.2. The molecule has 0 unspecified atom stereocenters. The molecular formula is C21H27NO3S. The fraction of sp³-hybridized carbons (Fsp3) is 0.429. The first-order chi connectivity index (χ1) is 12.3. The standard InChI is InChI=1S/C21H27NO3S/c1-20(2)17-21(14-16-25-20,18-9-5-3-6-10-18)13-15-22-26(23,24)19-11-7-4-8-12-19/h3-12,22H,13-17H2,1-2H3/t21-/m0/s1. The molecule has 0 saturated carbocycles. The van der Waals surface area contributed by atoms with Gasteiger partial charge in [0.2, 0.25) is 10.0 Å². The molecule has 140 valence electrons. The average molecular weight is 374 g/mol. The van der Waals surface area contributed by atoms with E-state index in [2.05, 4.69) is 30.7 Å². The van der Waals surface area contributed by atoms with Gasteiger partial charge in [0.15, 0.2) is 0 Å². The predicted molar refractivity (Wildman–Crippen MR) is 104 cm³/mol. The molecule has 1 N–H and O–H groups in total. The molecule has 4 nitrogen and oxygen atoms in total. The summed E-state index contributed by atoms with van der Waals surface area (Å²) in [5, 5.41) is 0. The summed E-state index contributed by atoms with van der Waals surface area (Å²) in [6, 6.07) is 18.9. The van der Waals surface area contributed by atoms with Gasteiger partial charge in [0.1, 0.15) is 0 Å². The molecule has 0 aromatic heterocycles. The Morgan fingerprint density at radius 1 is 1.00 bits per heavy atom. The minimum atomic E-state index is -3.48. The molecule has 1 saturated heterocycles. The smallest absolute Gasteiger partial charge is 0.240 e. The monoisotopic (exact) mass is 373 g/mol. The van der Waals surface area contributed by atoms with Crippen LogP contribution in [0.5, 0.6) is 0 Å². The second-order valence-corrected chi connectivity index (χ2v) is 9.41. The van der Waals surface area contributed by atoms with Gasteiger partial charge in [-0.3, -0.25) is 0 Å². The van der Waals surface area contributed by atoms with Gasteiger partial charge in [-0.25, -0.2) is 13.1 Å². The molecule has 0 radical (unpaired) electrons. The highest BCUT2D eigenvalue weighted by Gasteiger charge is 2.41. The van der Waals surface area contributed by atoms with Gasteiger partial charge in [-0.1, -0.05) is 48.5 Å². The molecule has 1 atom stereocenters. The van der Waals surface area contributed by atoms with Gasteiger partial charge in [0, 0.05) is 18.6 Å². The first-order valence-corrected chi connectivity index (χ1v) is 10.6. The zero-order chi connectivity index (χ0) is 18.7. The van der Waals surface area contributed by atoms with E-state index in [-0.39, 0.29) is 11.0 Å². The zero-order valence-corrected chi connectivity index (χ0v) is 16.3. The Kier molecular flexibility index (Phi) is 5.51. The Morgan fingerprint density at radius 3 is 2.23 bits per heavy atom. The Bertz CT molecular complexity index is 819. The summed E-state index contributed by atoms with van der Waals surface area (Å²) in [7, 11) is -3.48. The molecule has 0 amide bonds. The Balaban J connectivity index is 1.77. The van der Waals surface area contributed by atoms with E-state index in [0.29, 0.717) is 18.0 Å². The molecule has 26 heavy (non-hydrogen) atoms. The number of rotatable bonds is 6. The lowest BCUT2D eigenvalue weighted by molar-refractivity contribution is -0.0837. The summed E-state index contributed by atoms with van der Waals surface area (Å²) in [5.74, 6) is 0. The maximum Gasteiger partial charge on any atom is 0.240 e. The van der Waals surface area contributed by atoms with Crippen LogP contribution in [-0.2, 0) is 20.2 Å². The van der Waals surface area contributed by atoms with Crippen molar-refractivity contribution < 1.29 is 13.2 Å². The maximum absolute atomic E-state index is 12.5. The normalized spacial score (nSPS) is 22.8. The van der Waals surface area contributed by atoms with Crippen LogP contribution >= 0.6 is 0 Å². The Morgan fingerprint density at radius 2 is 1.62 bits per heavy atom. The molecule has 1 aliphatic heterocycles. The second-order valence-electron chi connectivity index (χ2n) is 7.64. The van der Waals surface area contributed by atoms with Crippen molar-refractivity contribution >= 4 is 10.0 Å². The summed E-state index contributed by atoms with van der Waals surface area (Å²) >= 11 is 0. The Labute approximate surface area is 156 Å². The highest BCUT2D eigenvalue weighted by molar-refractivity contribution is 7.89. The molecule has 2 aromatic rings. The SMILES string of the molecule is CC1(C)C[C@@](CCNS(=O)(=O)c2ccccc2)(c2ccccc2)CCO1. The van der Waals surface area contributed by atoms with Crippen LogP contribution in [0.2, 0.25) is 0 Å². The van der Waals surface area contributed by atoms with Crippen LogP contribution in [0.3, 0.4) is 0 Å². The lowest BCUT2D eigenvalue weighted by Gasteiger charge is -2.45. The fourth-order valence-corrected chi connectivity index (χ4v) is 5.03. The van der Waals surface area contributed by atoms with Crippen LogP contribution < -0.4 is 4.72 Å². The van der Waals surface area contributed by atoms with E-state index in [9.17, 15) is 8.42 Å². The summed E-state index contributed by atoms with van der Waals surface area (Å²) in [6.45, 7) is 5.31. The van der Waals surface area contributed by atoms with Crippen molar-refractivity contribution in [3.8, 4) is 0 Å². The summed E-state index contributed by atoms with van der Waals surface area (Å²) < 4.78 is 33.7. The number of hydrogen-bond acceptors (Lipinski definition) is 3. The van der Waals surface area contributed by atoms with Crippen LogP contribution in [0.4, 0.5) is 0 Å². The molecule has 0 aliphatic carbocycles. The molecular weight excluding hydrogens is 346 g/mol. The lowest BCUT2D eigenvalue weighted by atomic mass is 9.67. The molecule has 0 bridgehead atoms. The van der Waals surface area contributed by atoms with E-state index < -0.39 is 10.0 Å². The molecule has 1 fully saturated rings. The van der Waals surface area contributed by atoms with E-state index in [1.807, 2.05) is 24.3 Å². The molecule has 1 heterocycles. The third-order valence-corrected chi connectivity index (χ3v) is 6.65. The first-order valence-electron chi connectivity index (χ1n) is 9.07. The summed E-state index contributed by atoms with van der Waals surface area (Å²) in [5.41, 5.74) is 0.963. The van der Waals surface area contributed by atoms with Gasteiger partial charge in [-0.15, -0.1) is 0 Å². The number of sulfonamides is 1. The maximum atomic E-state index is 12.5. The number of nitrogens with one attached hydrogen (secondary N) is 1. The number of ether oxygens (including phenoxy) is 1. The van der Waals surface area contributed by atoms with Gasteiger partial charge >= 0.3 is 0 Å². The van der Waals surface area contributed by atoms with Crippen LogP contribution in [0.15, 0.2) is 65.6 Å². The molecule has 2 aromatic carbocycles. The van der Waals surface area contributed by atoms with Gasteiger partial charge < -0.3 is 4.74 Å². The fourth-order valence-electron chi connectivity index (χ4n) is 3.98. The van der Waals surface area contributed by atoms with E-state index in [1.54, 1.807) is 24.3 Å². The topological polar surface area (TPSA) is 55.4 Å². The van der Waals surface area contributed by atoms with Crippen LogP contribution in [0, 0.1) is 0 Å². The molecule has 1 aliphatic rings. The second kappa shape index (κ2) is 7.51. The van der Waals surface area contributed by atoms with Crippen molar-refractivity contribution in [2.45, 2.75) is 49.0 Å². The van der Waals surface area contributed by atoms with Crippen molar-refractivity contribution in [2.75, 3.05) is 13.2 Å². The lowest BCUT2D eigenvalue weighted by Crippen LogP contribution is -2.45. The van der Waals surface area contributed by atoms with Crippen LogP contribution in [0.25, 0.3) is 0 Å². The molecule has 5 heteroatoms. The van der Waals surface area contributed by atoms with Crippen molar-refractivity contribution in [1.29, 1.82) is 0 Å². The quantitative estimate of drug-likeness (QED) is 0.836. The first kappa shape index (κ1) is 19.1. The largest absolute Gasteiger partial charge is 0.376 e. The summed E-state index contributed by atoms with van der Waals surface area (Å²) in [4.78, 5) is 0.307. The number of benzene rings is 2. The van der Waals surface area contributed by atoms with Gasteiger partial charge in [-0.05, 0) is 50.8 Å². The summed E-state index contributed by atoms with van der Waals surface area (Å²) in [6.07, 6.45) is 2.51. The number of hydrogen-bond donors (Lipinski definition) is 1. The average Bonchev–Trinajstić information content (AvgIpc) is 2.62. The molecule has 0 spiro atoms. The van der Waals surface area contributed by atoms with Gasteiger partial charge in [0.05, 0.1) is 10.5 Å². The van der Waals surface area contributed by atoms with E-state index in [0.717, 1.165) is 19.3 Å². The van der Waals surface area contributed by atoms with Crippen LogP contribution in [0.1, 0.15) is 38.7 Å². The predicted octanol–water partition coefficient (Wildman–Crippen LogP) is 3.88. The Hall–Kier alpha value is -1.69. The highest BCUT2D eigenvalue weighted by Crippen LogP contribution is 2.43. The van der Waals surface area contributed by atoms with Gasteiger partial charge in [0.25, 0.3) is 0 Å². The van der Waals surface area contributed by atoms with Crippen molar-refractivity contribution in [3.63, 3.8) is 0 Å². The minimum Gasteiger partial charge on any atom is -0.376 e. The van der Waals surface area contributed by atoms with Crippen molar-refractivity contribution in [1.82, 2.24) is 4.72 Å². The van der Waals surface area contributed by atoms with Crippen molar-refractivity contribution in [3.05, 3.63) is 66.2 Å².